The summed E-state index contributed by atoms with van der Waals surface area (Å²) in [7, 11) is 0. The molecule has 0 aliphatic heterocycles. The minimum absolute atomic E-state index is 0. The number of hydrogen-bond acceptors (Lipinski definition) is 3. The fourth-order valence-electron chi connectivity index (χ4n) is 3.14. The van der Waals surface area contributed by atoms with Gasteiger partial charge in [0.2, 0.25) is 0 Å². The van der Waals surface area contributed by atoms with Gasteiger partial charge in [0.25, 0.3) is 5.91 Å². The normalized spacial score (nSPS) is 10.7. The Morgan fingerprint density at radius 1 is 1.22 bits per heavy atom. The lowest BCUT2D eigenvalue weighted by Crippen LogP contribution is -2.41. The van der Waals surface area contributed by atoms with Crippen LogP contribution < -0.4 is 11.1 Å². The first-order valence-electron chi connectivity index (χ1n) is 9.77. The maximum absolute atomic E-state index is 13.5. The number of hydrogen-bond donors (Lipinski definition) is 2. The lowest BCUT2D eigenvalue weighted by molar-refractivity contribution is 0.0913. The smallest absolute Gasteiger partial charge is 0.272 e. The largest absolute Gasteiger partial charge is 0.346 e. The third kappa shape index (κ3) is 5.68. The van der Waals surface area contributed by atoms with Crippen LogP contribution in [0.4, 0.5) is 4.39 Å². The minimum Gasteiger partial charge on any atom is -0.346 e. The average Bonchev–Trinajstić information content (AvgIpc) is 3.03. The van der Waals surface area contributed by atoms with E-state index < -0.39 is 5.54 Å². The molecule has 0 fully saturated rings. The molecule has 0 unspecified atom stereocenters. The second-order valence-electron chi connectivity index (χ2n) is 8.12. The third-order valence-corrected chi connectivity index (χ3v) is 4.76. The second kappa shape index (κ2) is 10.2. The highest BCUT2D eigenvalue weighted by Gasteiger charge is 2.25. The Morgan fingerprint density at radius 3 is 2.44 bits per heavy atom. The number of amides is 1. The van der Waals surface area contributed by atoms with Crippen LogP contribution >= 0.6 is 24.0 Å². The van der Waals surface area contributed by atoms with Crippen LogP contribution in [-0.4, -0.2) is 27.8 Å². The van der Waals surface area contributed by atoms with E-state index in [0.717, 1.165) is 5.56 Å². The molecule has 3 rings (SSSR count). The summed E-state index contributed by atoms with van der Waals surface area (Å²) in [6, 6.07) is 11.4. The highest BCUT2D eigenvalue weighted by Crippen LogP contribution is 2.32. The molecule has 0 spiro atoms. The first kappa shape index (κ1) is 25.4. The van der Waals surface area contributed by atoms with Gasteiger partial charge in [-0.05, 0) is 70.2 Å². The Hall–Kier alpha value is -2.85. The van der Waals surface area contributed by atoms with Crippen LogP contribution in [0.1, 0.15) is 42.4 Å². The van der Waals surface area contributed by atoms with Gasteiger partial charge in [-0.15, -0.1) is 12.4 Å². The Bertz CT molecular complexity index is 1190. The van der Waals surface area contributed by atoms with Gasteiger partial charge in [0.05, 0.1) is 22.9 Å². The fourth-order valence-corrected chi connectivity index (χ4v) is 3.40. The van der Waals surface area contributed by atoms with Crippen molar-refractivity contribution in [3.05, 3.63) is 70.1 Å². The van der Waals surface area contributed by atoms with Crippen molar-refractivity contribution in [1.29, 1.82) is 0 Å². The summed E-state index contributed by atoms with van der Waals surface area (Å²) in [5.41, 5.74) is 8.62. The molecule has 8 heteroatoms. The monoisotopic (exact) mass is 474 g/mol. The lowest BCUT2D eigenvalue weighted by Gasteiger charge is -2.19. The number of carbonyl (C=O) groups is 1. The first-order valence-corrected chi connectivity index (χ1v) is 10.2. The third-order valence-electron chi connectivity index (χ3n) is 4.45. The van der Waals surface area contributed by atoms with Gasteiger partial charge in [-0.3, -0.25) is 4.79 Å². The van der Waals surface area contributed by atoms with E-state index in [2.05, 4.69) is 22.3 Å². The Labute approximate surface area is 198 Å². The van der Waals surface area contributed by atoms with Crippen molar-refractivity contribution in [3.63, 3.8) is 0 Å². The zero-order chi connectivity index (χ0) is 22.8. The molecule has 1 amide bonds. The maximum atomic E-state index is 13.5. The molecule has 0 saturated heterocycles. The van der Waals surface area contributed by atoms with Gasteiger partial charge in [0, 0.05) is 22.2 Å². The van der Waals surface area contributed by atoms with Crippen LogP contribution in [0.3, 0.4) is 0 Å². The van der Waals surface area contributed by atoms with Crippen molar-refractivity contribution in [3.8, 4) is 28.8 Å². The molecule has 0 saturated carbocycles. The van der Waals surface area contributed by atoms with Crippen LogP contribution in [0.15, 0.2) is 42.5 Å². The number of aromatic nitrogens is 2. The summed E-state index contributed by atoms with van der Waals surface area (Å²) < 4.78 is 15.1. The van der Waals surface area contributed by atoms with Crippen molar-refractivity contribution in [2.45, 2.75) is 33.2 Å². The number of carbonyl (C=O) groups excluding carboxylic acids is 1. The zero-order valence-corrected chi connectivity index (χ0v) is 19.9. The van der Waals surface area contributed by atoms with Crippen molar-refractivity contribution in [2.75, 3.05) is 6.54 Å². The van der Waals surface area contributed by atoms with Gasteiger partial charge in [0.1, 0.15) is 5.82 Å². The van der Waals surface area contributed by atoms with E-state index in [0.29, 0.717) is 27.5 Å². The highest BCUT2D eigenvalue weighted by molar-refractivity contribution is 6.32. The molecule has 0 aliphatic carbocycles. The molecular weight excluding hydrogens is 450 g/mol. The molecule has 0 aliphatic rings. The van der Waals surface area contributed by atoms with Crippen LogP contribution in [0.5, 0.6) is 0 Å². The molecule has 3 aromatic rings. The summed E-state index contributed by atoms with van der Waals surface area (Å²) in [4.78, 5) is 12.9. The van der Waals surface area contributed by atoms with Gasteiger partial charge < -0.3 is 11.1 Å². The molecule has 0 radical (unpaired) electrons. The Kier molecular flexibility index (Phi) is 8.08. The molecule has 32 heavy (non-hydrogen) atoms. The quantitative estimate of drug-likeness (QED) is 0.530. The van der Waals surface area contributed by atoms with Crippen molar-refractivity contribution >= 4 is 29.9 Å². The van der Waals surface area contributed by atoms with E-state index >= 15 is 0 Å². The van der Waals surface area contributed by atoms with Crippen LogP contribution in [0, 0.1) is 24.6 Å². The van der Waals surface area contributed by atoms with E-state index in [9.17, 15) is 9.18 Å². The van der Waals surface area contributed by atoms with Crippen molar-refractivity contribution in [2.24, 2.45) is 5.73 Å². The second-order valence-corrected chi connectivity index (χ2v) is 8.52. The van der Waals surface area contributed by atoms with Crippen molar-refractivity contribution < 1.29 is 9.18 Å². The average molecular weight is 475 g/mol. The molecular formula is C24H25Cl2FN4O. The van der Waals surface area contributed by atoms with Gasteiger partial charge >= 0.3 is 0 Å². The number of nitrogens with two attached hydrogens (primary N) is 1. The predicted molar refractivity (Wildman–Crippen MR) is 129 cm³/mol. The highest BCUT2D eigenvalue weighted by atomic mass is 35.5. The van der Waals surface area contributed by atoms with Gasteiger partial charge in [-0.25, -0.2) is 9.07 Å². The van der Waals surface area contributed by atoms with E-state index in [1.807, 2.05) is 33.8 Å². The van der Waals surface area contributed by atoms with Crippen LogP contribution in [0.2, 0.25) is 5.02 Å². The predicted octanol–water partition coefficient (Wildman–Crippen LogP) is 4.90. The molecule has 5 nitrogen and oxygen atoms in total. The standard InChI is InChI=1S/C24H24ClFN4O.ClH/c1-15-21(23(31)28-24(2,3)4)29-30(22(15)17-8-10-18(26)11-9-17)20-12-7-16(6-5-13-27)14-19(20)25;/h7-12,14H,13,27H2,1-4H3,(H,28,31);1H. The molecule has 3 N–H and O–H groups in total. The van der Waals surface area contributed by atoms with Crippen LogP contribution in [-0.2, 0) is 0 Å². The summed E-state index contributed by atoms with van der Waals surface area (Å²) in [5.74, 6) is 5.09. The summed E-state index contributed by atoms with van der Waals surface area (Å²) in [6.07, 6.45) is 0. The molecule has 0 atom stereocenters. The van der Waals surface area contributed by atoms with Crippen molar-refractivity contribution in [1.82, 2.24) is 15.1 Å². The van der Waals surface area contributed by atoms with Gasteiger partial charge in [-0.2, -0.15) is 5.10 Å². The molecule has 1 aromatic heterocycles. The van der Waals surface area contributed by atoms with E-state index in [1.165, 1.54) is 12.1 Å². The summed E-state index contributed by atoms with van der Waals surface area (Å²) in [6.45, 7) is 7.76. The molecule has 0 bridgehead atoms. The van der Waals surface area contributed by atoms with E-state index in [4.69, 9.17) is 17.3 Å². The number of rotatable bonds is 3. The summed E-state index contributed by atoms with van der Waals surface area (Å²) in [5, 5.41) is 7.94. The molecule has 168 valence electrons. The van der Waals surface area contributed by atoms with Crippen LogP contribution in [0.25, 0.3) is 16.9 Å². The first-order chi connectivity index (χ1) is 14.6. The minimum atomic E-state index is -0.426. The number of nitrogens with zero attached hydrogens (tertiary/aromatic N) is 2. The van der Waals surface area contributed by atoms with Gasteiger partial charge in [-0.1, -0.05) is 23.4 Å². The zero-order valence-electron chi connectivity index (χ0n) is 18.3. The molecule has 2 aromatic carbocycles. The topological polar surface area (TPSA) is 72.9 Å². The van der Waals surface area contributed by atoms with Gasteiger partial charge in [0.15, 0.2) is 5.69 Å². The van der Waals surface area contributed by atoms with E-state index in [-0.39, 0.29) is 36.4 Å². The Balaban J connectivity index is 0.00000363. The number of benzene rings is 2. The number of halogens is 3. The molecule has 1 heterocycles. The summed E-state index contributed by atoms with van der Waals surface area (Å²) >= 11 is 6.55. The SMILES string of the molecule is Cc1c(C(=O)NC(C)(C)C)nn(-c2ccc(C#CCN)cc2Cl)c1-c1ccc(F)cc1.Cl. The lowest BCUT2D eigenvalue weighted by atomic mass is 10.0. The fraction of sp³-hybridized carbons (Fsp3) is 0.250. The number of nitrogens with one attached hydrogen (secondary N) is 1. The van der Waals surface area contributed by atoms with E-state index in [1.54, 1.807) is 28.9 Å². The Morgan fingerprint density at radius 2 is 1.88 bits per heavy atom. The maximum Gasteiger partial charge on any atom is 0.272 e.